The van der Waals surface area contributed by atoms with Crippen molar-refractivity contribution in [2.24, 2.45) is 0 Å². The Morgan fingerprint density at radius 1 is 0.526 bits per heavy atom. The highest BCUT2D eigenvalue weighted by Crippen LogP contribution is 2.26. The molecule has 1 aliphatic heterocycles. The van der Waals surface area contributed by atoms with Crippen LogP contribution in [-0.2, 0) is 23.8 Å². The Morgan fingerprint density at radius 2 is 0.947 bits per heavy atom. The first-order valence-electron chi connectivity index (χ1n) is 31.6. The molecular weight excluding hydrogens is 955 g/mol. The van der Waals surface area contributed by atoms with Gasteiger partial charge in [-0.15, -0.1) is 0 Å². The van der Waals surface area contributed by atoms with Crippen LogP contribution in [0.3, 0.4) is 0 Å². The van der Waals surface area contributed by atoms with Crippen LogP contribution in [0.2, 0.25) is 0 Å². The molecule has 6 N–H and O–H groups in total. The number of aliphatic hydroxyl groups is 5. The fourth-order valence-electron chi connectivity index (χ4n) is 9.78. The first kappa shape index (κ1) is 71.4. The van der Waals surface area contributed by atoms with E-state index in [1.165, 1.54) is 161 Å². The SMILES string of the molecule is CC/C=C/C=C/C=C/C=C\CCCCCCC(O)C(=O)NC(COC1OC(CO)C(O)C(O)C1OC(=O)CCCCCCCCCCCCCCCCCCCCCCC)C(O)/C=C/CCCCCCCCCCCC. The smallest absolute Gasteiger partial charge is 0.306 e. The third-order valence-corrected chi connectivity index (χ3v) is 14.8. The van der Waals surface area contributed by atoms with Gasteiger partial charge in [-0.25, -0.2) is 0 Å². The van der Waals surface area contributed by atoms with Gasteiger partial charge in [0.25, 0.3) is 0 Å². The third-order valence-electron chi connectivity index (χ3n) is 14.8. The zero-order chi connectivity index (χ0) is 55.4. The van der Waals surface area contributed by atoms with Crippen molar-refractivity contribution in [2.75, 3.05) is 13.2 Å². The van der Waals surface area contributed by atoms with Crippen LogP contribution in [0.5, 0.6) is 0 Å². The van der Waals surface area contributed by atoms with Gasteiger partial charge in [0.05, 0.1) is 25.4 Å². The van der Waals surface area contributed by atoms with E-state index in [2.05, 4.69) is 38.2 Å². The number of hydrogen-bond acceptors (Lipinski definition) is 10. The van der Waals surface area contributed by atoms with Crippen LogP contribution in [0.25, 0.3) is 0 Å². The number of carbonyl (C=O) groups is 2. The number of ether oxygens (including phenoxy) is 3. The van der Waals surface area contributed by atoms with Crippen LogP contribution in [0.15, 0.2) is 60.8 Å². The fourth-order valence-corrected chi connectivity index (χ4v) is 9.78. The molecule has 0 spiro atoms. The number of amides is 1. The van der Waals surface area contributed by atoms with E-state index >= 15 is 0 Å². The summed E-state index contributed by atoms with van der Waals surface area (Å²) in [5.74, 6) is -1.21. The summed E-state index contributed by atoms with van der Waals surface area (Å²) in [6, 6.07) is -1.04. The van der Waals surface area contributed by atoms with Gasteiger partial charge in [-0.2, -0.15) is 0 Å². The van der Waals surface area contributed by atoms with Gasteiger partial charge in [0.2, 0.25) is 5.91 Å². The zero-order valence-electron chi connectivity index (χ0n) is 48.9. The Morgan fingerprint density at radius 3 is 1.42 bits per heavy atom. The monoisotopic (exact) mass is 1070 g/mol. The summed E-state index contributed by atoms with van der Waals surface area (Å²) < 4.78 is 17.6. The Bertz CT molecular complexity index is 1460. The van der Waals surface area contributed by atoms with Crippen LogP contribution in [-0.4, -0.2) is 99.6 Å². The molecule has 1 rings (SSSR count). The highest BCUT2D eigenvalue weighted by Gasteiger charge is 2.47. The quantitative estimate of drug-likeness (QED) is 0.0149. The van der Waals surface area contributed by atoms with Gasteiger partial charge < -0.3 is 45.1 Å². The summed E-state index contributed by atoms with van der Waals surface area (Å²) in [7, 11) is 0. The lowest BCUT2D eigenvalue weighted by Gasteiger charge is -2.41. The first-order valence-corrected chi connectivity index (χ1v) is 31.6. The van der Waals surface area contributed by atoms with Crippen LogP contribution in [0, 0.1) is 0 Å². The molecule has 0 aromatic rings. The van der Waals surface area contributed by atoms with Crippen molar-refractivity contribution in [1.82, 2.24) is 5.32 Å². The predicted octanol–water partition coefficient (Wildman–Crippen LogP) is 15.0. The Hall–Kier alpha value is -2.64. The van der Waals surface area contributed by atoms with E-state index in [9.17, 15) is 35.1 Å². The molecule has 0 aliphatic carbocycles. The molecule has 1 saturated heterocycles. The molecule has 0 bridgehead atoms. The standard InChI is InChI=1S/C65H117NO10/c1-4-7-10-13-16-19-22-25-27-28-29-30-31-32-33-35-38-41-44-47-50-53-60(70)76-63-62(72)61(71)59(54-67)75-65(63)74-55-56(57(68)51-48-45-42-39-36-24-21-18-15-12-9-6-3)66-64(73)58(69)52-49-46-43-40-37-34-26-23-20-17-14-11-8-5-2/h8,11,14,17,20,23,26,34,48,51,56-59,61-63,65,67-69,71-72H,4-7,9-10,12-13,15-16,18-19,21-22,24-25,27-33,35-47,49-50,52-55H2,1-3H3,(H,66,73)/b11-8+,17-14+,23-20+,34-26-,51-48+. The molecule has 1 fully saturated rings. The van der Waals surface area contributed by atoms with Crippen molar-refractivity contribution >= 4 is 11.9 Å². The van der Waals surface area contributed by atoms with Crippen molar-refractivity contribution in [3.8, 4) is 0 Å². The van der Waals surface area contributed by atoms with Crippen molar-refractivity contribution in [3.63, 3.8) is 0 Å². The van der Waals surface area contributed by atoms with Gasteiger partial charge in [0.15, 0.2) is 12.4 Å². The summed E-state index contributed by atoms with van der Waals surface area (Å²) in [6.45, 7) is 5.65. The minimum atomic E-state index is -1.62. The molecule has 0 aromatic heterocycles. The minimum absolute atomic E-state index is 0.123. The van der Waals surface area contributed by atoms with E-state index in [-0.39, 0.29) is 19.4 Å². The van der Waals surface area contributed by atoms with E-state index in [1.807, 2.05) is 42.5 Å². The molecular formula is C65H117NO10. The topological polar surface area (TPSA) is 175 Å². The number of carbonyl (C=O) groups excluding carboxylic acids is 2. The molecule has 76 heavy (non-hydrogen) atoms. The van der Waals surface area contributed by atoms with Gasteiger partial charge in [0, 0.05) is 6.42 Å². The number of esters is 1. The molecule has 11 heteroatoms. The second-order valence-corrected chi connectivity index (χ2v) is 21.9. The molecule has 11 nitrogen and oxygen atoms in total. The van der Waals surface area contributed by atoms with Crippen LogP contribution < -0.4 is 5.32 Å². The van der Waals surface area contributed by atoms with Crippen molar-refractivity contribution in [3.05, 3.63) is 60.8 Å². The molecule has 442 valence electrons. The van der Waals surface area contributed by atoms with E-state index in [1.54, 1.807) is 6.08 Å². The van der Waals surface area contributed by atoms with Crippen molar-refractivity contribution in [2.45, 2.75) is 327 Å². The lowest BCUT2D eigenvalue weighted by atomic mass is 9.99. The number of allylic oxidation sites excluding steroid dienone is 9. The summed E-state index contributed by atoms with van der Waals surface area (Å²) >= 11 is 0. The molecule has 0 aromatic carbocycles. The molecule has 1 amide bonds. The maximum atomic E-state index is 13.4. The molecule has 1 aliphatic rings. The highest BCUT2D eigenvalue weighted by molar-refractivity contribution is 5.80. The molecule has 0 saturated carbocycles. The van der Waals surface area contributed by atoms with Gasteiger partial charge in [-0.05, 0) is 44.9 Å². The lowest BCUT2D eigenvalue weighted by molar-refractivity contribution is -0.305. The maximum Gasteiger partial charge on any atom is 0.306 e. The average molecular weight is 1070 g/mol. The zero-order valence-corrected chi connectivity index (χ0v) is 48.9. The van der Waals surface area contributed by atoms with E-state index in [4.69, 9.17) is 14.2 Å². The summed E-state index contributed by atoms with van der Waals surface area (Å²) in [4.78, 5) is 26.5. The van der Waals surface area contributed by atoms with Crippen LogP contribution >= 0.6 is 0 Å². The van der Waals surface area contributed by atoms with E-state index in [0.717, 1.165) is 70.6 Å². The summed E-state index contributed by atoms with van der Waals surface area (Å²) in [6.07, 6.45) is 55.5. The Labute approximate surface area is 465 Å². The number of nitrogens with one attached hydrogen (secondary N) is 1. The first-order chi connectivity index (χ1) is 37.2. The molecule has 0 radical (unpaired) electrons. The largest absolute Gasteiger partial charge is 0.454 e. The van der Waals surface area contributed by atoms with Crippen LogP contribution in [0.1, 0.15) is 278 Å². The second-order valence-electron chi connectivity index (χ2n) is 21.9. The normalized spacial score (nSPS) is 19.5. The number of rotatable bonds is 53. The number of aliphatic hydroxyl groups excluding tert-OH is 5. The minimum Gasteiger partial charge on any atom is -0.454 e. The maximum absolute atomic E-state index is 13.4. The highest BCUT2D eigenvalue weighted by atomic mass is 16.7. The molecule has 8 atom stereocenters. The predicted molar refractivity (Wildman–Crippen MR) is 315 cm³/mol. The van der Waals surface area contributed by atoms with E-state index < -0.39 is 67.4 Å². The van der Waals surface area contributed by atoms with Crippen molar-refractivity contribution in [1.29, 1.82) is 0 Å². The third kappa shape index (κ3) is 40.5. The molecule has 1 heterocycles. The lowest BCUT2D eigenvalue weighted by Crippen LogP contribution is -2.61. The average Bonchev–Trinajstić information content (AvgIpc) is 3.42. The van der Waals surface area contributed by atoms with Gasteiger partial charge in [-0.1, -0.05) is 287 Å². The number of hydrogen-bond donors (Lipinski definition) is 6. The molecule has 8 unspecified atom stereocenters. The second kappa shape index (κ2) is 53.0. The van der Waals surface area contributed by atoms with Crippen LogP contribution in [0.4, 0.5) is 0 Å². The number of unbranched alkanes of at least 4 members (excludes halogenated alkanes) is 34. The van der Waals surface area contributed by atoms with Gasteiger partial charge in [-0.3, -0.25) is 9.59 Å². The van der Waals surface area contributed by atoms with E-state index in [0.29, 0.717) is 12.8 Å². The summed E-state index contributed by atoms with van der Waals surface area (Å²) in [5, 5.41) is 56.9. The Balaban J connectivity index is 2.64. The van der Waals surface area contributed by atoms with Crippen molar-refractivity contribution < 1.29 is 49.3 Å². The summed E-state index contributed by atoms with van der Waals surface area (Å²) in [5.41, 5.74) is 0. The fraction of sp³-hybridized carbons (Fsp3) is 0.815. The Kier molecular flexibility index (Phi) is 49.8. The van der Waals surface area contributed by atoms with Gasteiger partial charge >= 0.3 is 5.97 Å². The van der Waals surface area contributed by atoms with Gasteiger partial charge in [0.1, 0.15) is 24.4 Å².